The van der Waals surface area contributed by atoms with Gasteiger partial charge in [-0.15, -0.1) is 0 Å². The third kappa shape index (κ3) is 6.28. The third-order valence-corrected chi connectivity index (χ3v) is 9.38. The number of carbonyl (C=O) groups excluding carboxylic acids is 8. The number of methoxy groups -OCH3 is 1. The van der Waals surface area contributed by atoms with Crippen LogP contribution in [0.25, 0.3) is 0 Å². The van der Waals surface area contributed by atoms with E-state index in [1.165, 1.54) is 13.8 Å². The van der Waals surface area contributed by atoms with Gasteiger partial charge in [-0.1, -0.05) is 27.7 Å². The van der Waals surface area contributed by atoms with Crippen LogP contribution in [0.3, 0.4) is 0 Å². The van der Waals surface area contributed by atoms with Crippen molar-refractivity contribution in [1.82, 2.24) is 10.2 Å². The molecule has 1 aliphatic carbocycles. The Morgan fingerprint density at radius 2 is 1.46 bits per heavy atom. The maximum Gasteiger partial charge on any atom is 0.360 e. The van der Waals surface area contributed by atoms with E-state index >= 15 is 4.39 Å². The van der Waals surface area contributed by atoms with Crippen molar-refractivity contribution in [2.75, 3.05) is 13.7 Å². The first-order valence-electron chi connectivity index (χ1n) is 14.9. The molecule has 18 heteroatoms. The number of hydrogen-bond donors (Lipinski definition) is 1. The molecule has 3 fully saturated rings. The first kappa shape index (κ1) is 38.1. The molecule has 2 aliphatic heterocycles. The maximum absolute atomic E-state index is 17.0. The third-order valence-electron chi connectivity index (χ3n) is 9.38. The molecular formula is C30H41FN2O15. The smallest absolute Gasteiger partial charge is 0.360 e. The van der Waals surface area contributed by atoms with E-state index in [0.29, 0.717) is 4.90 Å². The summed E-state index contributed by atoms with van der Waals surface area (Å²) in [6, 6.07) is -3.00. The fourth-order valence-electron chi connectivity index (χ4n) is 6.77. The van der Waals surface area contributed by atoms with E-state index in [-0.39, 0.29) is 0 Å². The largest absolute Gasteiger partial charge is 0.465 e. The van der Waals surface area contributed by atoms with Gasteiger partial charge in [0.05, 0.1) is 13.2 Å². The zero-order chi connectivity index (χ0) is 36.7. The van der Waals surface area contributed by atoms with Crippen LogP contribution in [0.4, 0.5) is 9.18 Å². The maximum atomic E-state index is 17.0. The molecule has 2 heterocycles. The van der Waals surface area contributed by atoms with E-state index < -0.39 is 120 Å². The molecule has 17 nitrogen and oxygen atoms in total. The van der Waals surface area contributed by atoms with E-state index in [0.717, 1.165) is 41.7 Å². The summed E-state index contributed by atoms with van der Waals surface area (Å²) in [5.74, 6) is -7.42. The molecule has 0 aromatic rings. The average molecular weight is 689 g/mol. The fraction of sp³-hybridized carbons (Fsp3) is 0.733. The molecule has 0 spiro atoms. The highest BCUT2D eigenvalue weighted by molar-refractivity contribution is 6.06. The van der Waals surface area contributed by atoms with Crippen molar-refractivity contribution in [3.05, 3.63) is 0 Å². The molecule has 3 aliphatic rings. The lowest BCUT2D eigenvalue weighted by molar-refractivity contribution is -0.327. The second kappa shape index (κ2) is 13.3. The summed E-state index contributed by atoms with van der Waals surface area (Å²) in [6.07, 6.45) is -9.98. The van der Waals surface area contributed by atoms with Crippen molar-refractivity contribution in [3.8, 4) is 0 Å². The van der Waals surface area contributed by atoms with Gasteiger partial charge >= 0.3 is 41.8 Å². The number of hydrogen-bond acceptors (Lipinski definition) is 15. The van der Waals surface area contributed by atoms with Crippen LogP contribution >= 0.6 is 0 Å². The number of carbonyl (C=O) groups is 8. The van der Waals surface area contributed by atoms with Crippen molar-refractivity contribution in [2.45, 2.75) is 117 Å². The molecule has 3 amide bonds. The molecule has 0 unspecified atom stereocenters. The Bertz CT molecular complexity index is 1400. The normalized spacial score (nSPS) is 31.4. The Labute approximate surface area is 275 Å². The van der Waals surface area contributed by atoms with Crippen molar-refractivity contribution < 1.29 is 75.9 Å². The van der Waals surface area contributed by atoms with Crippen LogP contribution in [-0.2, 0) is 66.7 Å². The average Bonchev–Trinajstić information content (AvgIpc) is 2.95. The first-order valence-corrected chi connectivity index (χ1v) is 14.9. The number of amides is 3. The molecule has 1 N–H and O–H groups in total. The molecule has 48 heavy (non-hydrogen) atoms. The number of imide groups is 1. The molecule has 2 saturated heterocycles. The lowest BCUT2D eigenvalue weighted by Gasteiger charge is -2.72. The van der Waals surface area contributed by atoms with Gasteiger partial charge in [0.1, 0.15) is 18.8 Å². The standard InChI is InChI=1S/C30H41FN2O15/c1-13(34)43-12-19(45-15(3)36)21(47-17(5)38)22-20(46-16(4)37)18(44-14(2)35)11-29(48-22,25(40)42-10)33-23-27(6,7)28(8,9)30(23,31)24(39)32-26(33)41/h18-23H,11-12H2,1-10H3,(H,32,39,41)/t18-,19+,20+,21+,22+,23+,29+,30+/m0/s1. The Hall–Kier alpha value is -4.35. The highest BCUT2D eigenvalue weighted by Gasteiger charge is 2.83. The lowest BCUT2D eigenvalue weighted by Crippen LogP contribution is -2.90. The zero-order valence-electron chi connectivity index (χ0n) is 28.3. The number of alkyl halides is 1. The minimum Gasteiger partial charge on any atom is -0.465 e. The molecule has 0 aromatic carbocycles. The monoisotopic (exact) mass is 688 g/mol. The predicted molar refractivity (Wildman–Crippen MR) is 154 cm³/mol. The van der Waals surface area contributed by atoms with E-state index in [4.69, 9.17) is 33.2 Å². The second-order valence-corrected chi connectivity index (χ2v) is 12.9. The van der Waals surface area contributed by atoms with E-state index in [1.54, 1.807) is 13.8 Å². The zero-order valence-corrected chi connectivity index (χ0v) is 28.3. The lowest BCUT2D eigenvalue weighted by atomic mass is 9.40. The first-order chi connectivity index (χ1) is 22.0. The van der Waals surface area contributed by atoms with Crippen LogP contribution in [-0.4, -0.2) is 114 Å². The van der Waals surface area contributed by atoms with Gasteiger partial charge in [-0.2, -0.15) is 0 Å². The molecule has 268 valence electrons. The van der Waals surface area contributed by atoms with E-state index in [2.05, 4.69) is 0 Å². The van der Waals surface area contributed by atoms with Crippen LogP contribution < -0.4 is 5.32 Å². The Balaban J connectivity index is 2.39. The van der Waals surface area contributed by atoms with Gasteiger partial charge in [-0.25, -0.2) is 14.0 Å². The summed E-state index contributed by atoms with van der Waals surface area (Å²) in [5, 5.41) is 1.93. The number of halogens is 1. The fourth-order valence-corrected chi connectivity index (χ4v) is 6.77. The SMILES string of the molecule is COC(=O)[C@@]1(N2C(=O)NC(=O)[C@]3(F)[C@H]2C(C)(C)C3(C)C)C[C@H](OC(C)=O)[C@@H](OC(C)=O)[C@H]([C@H](OC(C)=O)[C@@H](COC(C)=O)OC(C)=O)O1. The van der Waals surface area contributed by atoms with Gasteiger partial charge in [0, 0.05) is 46.5 Å². The van der Waals surface area contributed by atoms with Gasteiger partial charge in [0.15, 0.2) is 18.3 Å². The van der Waals surface area contributed by atoms with Crippen LogP contribution in [0.5, 0.6) is 0 Å². The molecule has 0 aromatic heterocycles. The number of esters is 6. The van der Waals surface area contributed by atoms with Crippen LogP contribution in [0.15, 0.2) is 0 Å². The number of fused-ring (bicyclic) bond motifs is 1. The molecule has 8 atom stereocenters. The minimum atomic E-state index is -2.81. The predicted octanol–water partition coefficient (Wildman–Crippen LogP) is 0.629. The van der Waals surface area contributed by atoms with Crippen molar-refractivity contribution in [3.63, 3.8) is 0 Å². The molecule has 3 rings (SSSR count). The topological polar surface area (TPSA) is 216 Å². The number of ether oxygens (including phenoxy) is 7. The molecule has 1 saturated carbocycles. The Morgan fingerprint density at radius 1 is 0.896 bits per heavy atom. The van der Waals surface area contributed by atoms with Gasteiger partial charge < -0.3 is 33.2 Å². The summed E-state index contributed by atoms with van der Waals surface area (Å²) in [6.45, 7) is 10.2. The summed E-state index contributed by atoms with van der Waals surface area (Å²) in [7, 11) is 0.916. The van der Waals surface area contributed by atoms with E-state index in [9.17, 15) is 38.4 Å². The van der Waals surface area contributed by atoms with Gasteiger partial charge in [0.25, 0.3) is 5.91 Å². The summed E-state index contributed by atoms with van der Waals surface area (Å²) >= 11 is 0. The second-order valence-electron chi connectivity index (χ2n) is 12.9. The Morgan fingerprint density at radius 3 is 1.94 bits per heavy atom. The number of urea groups is 1. The van der Waals surface area contributed by atoms with Gasteiger partial charge in [0.2, 0.25) is 11.4 Å². The highest BCUT2D eigenvalue weighted by Crippen LogP contribution is 2.68. The number of nitrogens with zero attached hydrogens (tertiary/aromatic N) is 1. The highest BCUT2D eigenvalue weighted by atomic mass is 19.1. The van der Waals surface area contributed by atoms with Crippen molar-refractivity contribution in [1.29, 1.82) is 0 Å². The molecule has 0 radical (unpaired) electrons. The van der Waals surface area contributed by atoms with Crippen molar-refractivity contribution >= 4 is 47.8 Å². The molecule has 0 bridgehead atoms. The van der Waals surface area contributed by atoms with Crippen molar-refractivity contribution in [2.24, 2.45) is 10.8 Å². The minimum absolute atomic E-state index is 0.636. The van der Waals surface area contributed by atoms with Crippen LogP contribution in [0.2, 0.25) is 0 Å². The summed E-state index contributed by atoms with van der Waals surface area (Å²) in [5.41, 5.74) is -8.28. The summed E-state index contributed by atoms with van der Waals surface area (Å²) in [4.78, 5) is 103. The van der Waals surface area contributed by atoms with Gasteiger partial charge in [-0.3, -0.25) is 39.0 Å². The molecular weight excluding hydrogens is 647 g/mol. The Kier molecular flexibility index (Phi) is 10.5. The number of rotatable bonds is 10. The van der Waals surface area contributed by atoms with Crippen LogP contribution in [0.1, 0.15) is 68.7 Å². The van der Waals surface area contributed by atoms with Crippen LogP contribution in [0, 0.1) is 10.8 Å². The quantitative estimate of drug-likeness (QED) is 0.246. The van der Waals surface area contributed by atoms with E-state index in [1.807, 2.05) is 5.32 Å². The summed E-state index contributed by atoms with van der Waals surface area (Å²) < 4.78 is 55.2. The van der Waals surface area contributed by atoms with Gasteiger partial charge in [-0.05, 0) is 5.41 Å². The number of nitrogens with one attached hydrogen (secondary N) is 1.